The van der Waals surface area contributed by atoms with Crippen LogP contribution in [0.25, 0.3) is 0 Å². The highest BCUT2D eigenvalue weighted by Crippen LogP contribution is 2.30. The van der Waals surface area contributed by atoms with Crippen molar-refractivity contribution in [1.29, 1.82) is 0 Å². The summed E-state index contributed by atoms with van der Waals surface area (Å²) in [6.45, 7) is 4.00. The standard InChI is InChI=1S/C18H19F3N4O/c1-12-7-9-25(10-8-12)16-6-5-15(23-24-16)17(26)22-14-4-2-3-13(11-14)18(19,20)21/h2-6,11-12H,7-10H2,1H3,(H,22,26). The molecule has 1 amide bonds. The van der Waals surface area contributed by atoms with Crippen LogP contribution in [-0.4, -0.2) is 29.2 Å². The van der Waals surface area contributed by atoms with Gasteiger partial charge in [0.05, 0.1) is 5.56 Å². The summed E-state index contributed by atoms with van der Waals surface area (Å²) in [6.07, 6.45) is -2.30. The van der Waals surface area contributed by atoms with Crippen LogP contribution in [0.4, 0.5) is 24.7 Å². The fourth-order valence-electron chi connectivity index (χ4n) is 2.82. The normalized spacial score (nSPS) is 15.8. The van der Waals surface area contributed by atoms with Gasteiger partial charge in [-0.15, -0.1) is 10.2 Å². The number of alkyl halides is 3. The number of piperidine rings is 1. The van der Waals surface area contributed by atoms with Gasteiger partial charge in [-0.2, -0.15) is 13.2 Å². The molecule has 0 unspecified atom stereocenters. The van der Waals surface area contributed by atoms with E-state index in [-0.39, 0.29) is 11.4 Å². The Balaban J connectivity index is 1.67. The average Bonchev–Trinajstić information content (AvgIpc) is 2.62. The van der Waals surface area contributed by atoms with Crippen molar-refractivity contribution in [2.45, 2.75) is 25.9 Å². The van der Waals surface area contributed by atoms with Gasteiger partial charge >= 0.3 is 6.18 Å². The van der Waals surface area contributed by atoms with Crippen molar-refractivity contribution in [3.63, 3.8) is 0 Å². The maximum absolute atomic E-state index is 12.7. The van der Waals surface area contributed by atoms with E-state index in [0.29, 0.717) is 11.7 Å². The van der Waals surface area contributed by atoms with Crippen molar-refractivity contribution in [3.8, 4) is 0 Å². The molecule has 0 atom stereocenters. The van der Waals surface area contributed by atoms with Gasteiger partial charge in [-0.3, -0.25) is 4.79 Å². The second-order valence-corrected chi connectivity index (χ2v) is 6.48. The second kappa shape index (κ2) is 7.31. The van der Waals surface area contributed by atoms with Crippen LogP contribution in [0.15, 0.2) is 36.4 Å². The molecule has 0 bridgehead atoms. The van der Waals surface area contributed by atoms with Gasteiger partial charge in [0.15, 0.2) is 11.5 Å². The van der Waals surface area contributed by atoms with Gasteiger partial charge in [0.25, 0.3) is 5.91 Å². The Labute approximate surface area is 149 Å². The van der Waals surface area contributed by atoms with Gasteiger partial charge in [0.1, 0.15) is 0 Å². The Morgan fingerprint density at radius 1 is 1.15 bits per heavy atom. The third-order valence-corrected chi connectivity index (χ3v) is 4.44. The molecule has 1 aliphatic rings. The Bertz CT molecular complexity index is 769. The van der Waals surface area contributed by atoms with E-state index in [1.165, 1.54) is 18.2 Å². The molecule has 1 fully saturated rings. The van der Waals surface area contributed by atoms with Gasteiger partial charge in [0, 0.05) is 18.8 Å². The zero-order valence-electron chi connectivity index (χ0n) is 14.3. The van der Waals surface area contributed by atoms with Gasteiger partial charge in [-0.05, 0) is 49.1 Å². The van der Waals surface area contributed by atoms with Crippen molar-refractivity contribution >= 4 is 17.4 Å². The third kappa shape index (κ3) is 4.30. The first-order chi connectivity index (χ1) is 12.3. The molecule has 2 heterocycles. The minimum absolute atomic E-state index is 0.0524. The number of benzene rings is 1. The lowest BCUT2D eigenvalue weighted by Gasteiger charge is -2.30. The number of anilines is 2. The summed E-state index contributed by atoms with van der Waals surface area (Å²) in [5.41, 5.74) is -0.715. The van der Waals surface area contributed by atoms with Crippen molar-refractivity contribution in [2.24, 2.45) is 5.92 Å². The number of aromatic nitrogens is 2. The predicted octanol–water partition coefficient (Wildman–Crippen LogP) is 3.98. The molecule has 1 saturated heterocycles. The van der Waals surface area contributed by atoms with E-state index in [1.54, 1.807) is 6.07 Å². The number of carbonyl (C=O) groups is 1. The van der Waals surface area contributed by atoms with Crippen LogP contribution in [0, 0.1) is 5.92 Å². The lowest BCUT2D eigenvalue weighted by molar-refractivity contribution is -0.137. The molecular weight excluding hydrogens is 345 g/mol. The molecule has 1 N–H and O–H groups in total. The van der Waals surface area contributed by atoms with E-state index in [4.69, 9.17) is 0 Å². The molecule has 0 saturated carbocycles. The molecule has 1 aromatic carbocycles. The summed E-state index contributed by atoms with van der Waals surface area (Å²) in [4.78, 5) is 14.3. The van der Waals surface area contributed by atoms with Gasteiger partial charge < -0.3 is 10.2 Å². The number of nitrogens with zero attached hydrogens (tertiary/aromatic N) is 3. The Kier molecular flexibility index (Phi) is 5.11. The number of hydrogen-bond donors (Lipinski definition) is 1. The lowest BCUT2D eigenvalue weighted by atomic mass is 9.99. The van der Waals surface area contributed by atoms with Crippen LogP contribution in [-0.2, 0) is 6.18 Å². The zero-order chi connectivity index (χ0) is 18.7. The molecule has 5 nitrogen and oxygen atoms in total. The van der Waals surface area contributed by atoms with E-state index in [2.05, 4.69) is 27.3 Å². The summed E-state index contributed by atoms with van der Waals surface area (Å²) in [5.74, 6) is 0.792. The topological polar surface area (TPSA) is 58.1 Å². The lowest BCUT2D eigenvalue weighted by Crippen LogP contribution is -2.33. The average molecular weight is 364 g/mol. The highest BCUT2D eigenvalue weighted by atomic mass is 19.4. The van der Waals surface area contributed by atoms with Crippen molar-refractivity contribution in [2.75, 3.05) is 23.3 Å². The van der Waals surface area contributed by atoms with E-state index < -0.39 is 17.6 Å². The SMILES string of the molecule is CC1CCN(c2ccc(C(=O)Nc3cccc(C(F)(F)F)c3)nn2)CC1. The number of hydrogen-bond acceptors (Lipinski definition) is 4. The molecule has 3 rings (SSSR count). The zero-order valence-corrected chi connectivity index (χ0v) is 14.3. The van der Waals surface area contributed by atoms with Gasteiger partial charge in [0.2, 0.25) is 0 Å². The van der Waals surface area contributed by atoms with Crippen molar-refractivity contribution < 1.29 is 18.0 Å². The molecule has 8 heteroatoms. The number of amides is 1. The molecule has 1 aliphatic heterocycles. The van der Waals surface area contributed by atoms with Crippen LogP contribution in [0.2, 0.25) is 0 Å². The Morgan fingerprint density at radius 2 is 1.88 bits per heavy atom. The fraction of sp³-hybridized carbons (Fsp3) is 0.389. The van der Waals surface area contributed by atoms with Crippen LogP contribution in [0.3, 0.4) is 0 Å². The smallest absolute Gasteiger partial charge is 0.355 e. The largest absolute Gasteiger partial charge is 0.416 e. The maximum atomic E-state index is 12.7. The monoisotopic (exact) mass is 364 g/mol. The number of nitrogens with one attached hydrogen (secondary N) is 1. The maximum Gasteiger partial charge on any atom is 0.416 e. The number of rotatable bonds is 3. The molecule has 0 spiro atoms. The second-order valence-electron chi connectivity index (χ2n) is 6.48. The minimum Gasteiger partial charge on any atom is -0.355 e. The highest BCUT2D eigenvalue weighted by molar-refractivity contribution is 6.02. The summed E-state index contributed by atoms with van der Waals surface area (Å²) < 4.78 is 38.2. The first-order valence-corrected chi connectivity index (χ1v) is 8.40. The van der Waals surface area contributed by atoms with E-state index in [0.717, 1.165) is 38.1 Å². The Hall–Kier alpha value is -2.64. The van der Waals surface area contributed by atoms with E-state index >= 15 is 0 Å². The molecule has 2 aromatic rings. The summed E-state index contributed by atoms with van der Waals surface area (Å²) in [5, 5.41) is 10.4. The number of halogens is 3. The molecule has 0 aliphatic carbocycles. The van der Waals surface area contributed by atoms with Gasteiger partial charge in [-0.1, -0.05) is 13.0 Å². The summed E-state index contributed by atoms with van der Waals surface area (Å²) >= 11 is 0. The third-order valence-electron chi connectivity index (χ3n) is 4.44. The summed E-state index contributed by atoms with van der Waals surface area (Å²) in [7, 11) is 0. The van der Waals surface area contributed by atoms with Crippen molar-refractivity contribution in [3.05, 3.63) is 47.7 Å². The van der Waals surface area contributed by atoms with Crippen LogP contribution in [0.1, 0.15) is 35.8 Å². The molecule has 0 radical (unpaired) electrons. The first-order valence-electron chi connectivity index (χ1n) is 8.40. The quantitative estimate of drug-likeness (QED) is 0.895. The molecule has 26 heavy (non-hydrogen) atoms. The van der Waals surface area contributed by atoms with E-state index in [9.17, 15) is 18.0 Å². The molecular formula is C18H19F3N4O. The highest BCUT2D eigenvalue weighted by Gasteiger charge is 2.30. The van der Waals surface area contributed by atoms with Crippen LogP contribution >= 0.6 is 0 Å². The van der Waals surface area contributed by atoms with E-state index in [1.807, 2.05) is 0 Å². The number of carbonyl (C=O) groups excluding carboxylic acids is 1. The van der Waals surface area contributed by atoms with Crippen molar-refractivity contribution in [1.82, 2.24) is 10.2 Å². The fourth-order valence-corrected chi connectivity index (χ4v) is 2.82. The first kappa shape index (κ1) is 18.2. The predicted molar refractivity (Wildman–Crippen MR) is 92.0 cm³/mol. The van der Waals surface area contributed by atoms with Crippen LogP contribution < -0.4 is 10.2 Å². The summed E-state index contributed by atoms with van der Waals surface area (Å²) in [6, 6.07) is 7.71. The molecule has 1 aromatic heterocycles. The molecule has 138 valence electrons. The minimum atomic E-state index is -4.46. The Morgan fingerprint density at radius 3 is 2.50 bits per heavy atom. The van der Waals surface area contributed by atoms with Gasteiger partial charge in [-0.25, -0.2) is 0 Å². The van der Waals surface area contributed by atoms with Crippen LogP contribution in [0.5, 0.6) is 0 Å².